The fraction of sp³-hybridized carbons (Fsp3) is 0.105. The van der Waals surface area contributed by atoms with E-state index in [1.807, 2.05) is 30.3 Å². The minimum absolute atomic E-state index is 0.0210. The van der Waals surface area contributed by atoms with Crippen molar-refractivity contribution in [2.45, 2.75) is 6.42 Å². The fourth-order valence-electron chi connectivity index (χ4n) is 2.39. The zero-order chi connectivity index (χ0) is 17.6. The topological polar surface area (TPSA) is 84.3 Å². The number of carbonyl (C=O) groups is 1. The first-order valence-corrected chi connectivity index (χ1v) is 7.68. The zero-order valence-corrected chi connectivity index (χ0v) is 13.6. The van der Waals surface area contributed by atoms with Crippen LogP contribution in [0.4, 0.5) is 11.6 Å². The number of carboxylic acids is 1. The highest BCUT2D eigenvalue weighted by Crippen LogP contribution is 2.22. The van der Waals surface area contributed by atoms with E-state index < -0.39 is 5.97 Å². The largest absolute Gasteiger partial charge is 0.497 e. The molecule has 2 aromatic carbocycles. The van der Waals surface area contributed by atoms with Gasteiger partial charge in [0, 0.05) is 23.6 Å². The van der Waals surface area contributed by atoms with Crippen LogP contribution in [0.25, 0.3) is 11.1 Å². The number of nitrogens with zero attached hydrogens (tertiary/aromatic N) is 2. The molecule has 0 spiro atoms. The maximum Gasteiger partial charge on any atom is 0.307 e. The minimum atomic E-state index is -0.864. The normalized spacial score (nSPS) is 10.3. The van der Waals surface area contributed by atoms with Crippen LogP contribution in [0.15, 0.2) is 60.9 Å². The second-order valence-corrected chi connectivity index (χ2v) is 5.42. The van der Waals surface area contributed by atoms with Crippen LogP contribution in [0.5, 0.6) is 5.75 Å². The number of nitrogens with one attached hydrogen (secondary N) is 1. The first-order valence-electron chi connectivity index (χ1n) is 7.68. The van der Waals surface area contributed by atoms with E-state index in [0.717, 1.165) is 22.6 Å². The first kappa shape index (κ1) is 16.4. The predicted molar refractivity (Wildman–Crippen MR) is 95.1 cm³/mol. The van der Waals surface area contributed by atoms with Gasteiger partial charge in [0.05, 0.1) is 13.5 Å². The van der Waals surface area contributed by atoms with Gasteiger partial charge < -0.3 is 15.2 Å². The minimum Gasteiger partial charge on any atom is -0.497 e. The molecule has 0 atom stereocenters. The van der Waals surface area contributed by atoms with Crippen molar-refractivity contribution >= 4 is 17.6 Å². The van der Waals surface area contributed by atoms with Gasteiger partial charge in [0.25, 0.3) is 0 Å². The molecular weight excluding hydrogens is 318 g/mol. The van der Waals surface area contributed by atoms with Crippen LogP contribution in [0.3, 0.4) is 0 Å². The van der Waals surface area contributed by atoms with Gasteiger partial charge in [-0.15, -0.1) is 0 Å². The fourth-order valence-corrected chi connectivity index (χ4v) is 2.39. The summed E-state index contributed by atoms with van der Waals surface area (Å²) >= 11 is 0. The van der Waals surface area contributed by atoms with Gasteiger partial charge in [-0.3, -0.25) is 4.79 Å². The van der Waals surface area contributed by atoms with Gasteiger partial charge in [0.15, 0.2) is 0 Å². The Labute approximate surface area is 145 Å². The third-order valence-corrected chi connectivity index (χ3v) is 3.61. The van der Waals surface area contributed by atoms with E-state index in [1.54, 1.807) is 37.7 Å². The summed E-state index contributed by atoms with van der Waals surface area (Å²) in [5, 5.41) is 11.9. The van der Waals surface area contributed by atoms with Crippen molar-refractivity contribution in [1.82, 2.24) is 9.97 Å². The number of hydrogen-bond acceptors (Lipinski definition) is 5. The molecule has 6 nitrogen and oxygen atoms in total. The Hall–Kier alpha value is -3.41. The molecule has 25 heavy (non-hydrogen) atoms. The van der Waals surface area contributed by atoms with E-state index in [9.17, 15) is 4.79 Å². The van der Waals surface area contributed by atoms with Crippen LogP contribution in [0, 0.1) is 0 Å². The predicted octanol–water partition coefficient (Wildman–Crippen LogP) is 3.52. The number of aliphatic carboxylic acids is 1. The molecule has 0 aliphatic heterocycles. The van der Waals surface area contributed by atoms with Crippen molar-refractivity contribution in [3.63, 3.8) is 0 Å². The Kier molecular flexibility index (Phi) is 4.89. The lowest BCUT2D eigenvalue weighted by molar-refractivity contribution is -0.136. The molecule has 6 heteroatoms. The molecular formula is C19H17N3O3. The van der Waals surface area contributed by atoms with E-state index in [-0.39, 0.29) is 6.42 Å². The number of benzene rings is 2. The van der Waals surface area contributed by atoms with Gasteiger partial charge in [-0.05, 0) is 35.4 Å². The molecule has 0 radical (unpaired) electrons. The summed E-state index contributed by atoms with van der Waals surface area (Å²) < 4.78 is 5.15. The molecule has 0 saturated carbocycles. The molecule has 2 N–H and O–H groups in total. The van der Waals surface area contributed by atoms with Crippen molar-refractivity contribution in [3.05, 3.63) is 66.5 Å². The Bertz CT molecular complexity index is 862. The molecule has 1 aromatic heterocycles. The Morgan fingerprint density at radius 3 is 2.44 bits per heavy atom. The quantitative estimate of drug-likeness (QED) is 0.717. The van der Waals surface area contributed by atoms with Crippen molar-refractivity contribution in [1.29, 1.82) is 0 Å². The molecule has 0 unspecified atom stereocenters. The lowest BCUT2D eigenvalue weighted by atomic mass is 10.1. The summed E-state index contributed by atoms with van der Waals surface area (Å²) in [5.74, 6) is 0.381. The molecule has 3 aromatic rings. The molecule has 126 valence electrons. The lowest BCUT2D eigenvalue weighted by Gasteiger charge is -2.07. The average molecular weight is 335 g/mol. The van der Waals surface area contributed by atoms with Gasteiger partial charge in [-0.1, -0.05) is 24.3 Å². The SMILES string of the molecule is COc1ccc(-c2cnc(Nc3cccc(CC(=O)O)c3)nc2)cc1. The molecule has 0 fully saturated rings. The molecule has 0 aliphatic carbocycles. The second kappa shape index (κ2) is 7.44. The Balaban J connectivity index is 1.73. The number of carboxylic acid groups (broad SMARTS) is 1. The third kappa shape index (κ3) is 4.32. The molecule has 0 bridgehead atoms. The summed E-state index contributed by atoms with van der Waals surface area (Å²) in [6.45, 7) is 0. The number of aromatic nitrogens is 2. The Morgan fingerprint density at radius 1 is 1.08 bits per heavy atom. The maximum atomic E-state index is 10.8. The lowest BCUT2D eigenvalue weighted by Crippen LogP contribution is -2.01. The molecule has 3 rings (SSSR count). The maximum absolute atomic E-state index is 10.8. The van der Waals surface area contributed by atoms with Crippen molar-refractivity contribution in [2.75, 3.05) is 12.4 Å². The zero-order valence-electron chi connectivity index (χ0n) is 13.6. The van der Waals surface area contributed by atoms with Crippen LogP contribution in [-0.4, -0.2) is 28.2 Å². The summed E-state index contributed by atoms with van der Waals surface area (Å²) in [6.07, 6.45) is 3.45. The van der Waals surface area contributed by atoms with Gasteiger partial charge in [0.1, 0.15) is 5.75 Å². The van der Waals surface area contributed by atoms with Crippen molar-refractivity contribution in [3.8, 4) is 16.9 Å². The molecule has 0 saturated heterocycles. The summed E-state index contributed by atoms with van der Waals surface area (Å²) in [5.41, 5.74) is 3.35. The van der Waals surface area contributed by atoms with Gasteiger partial charge in [-0.25, -0.2) is 9.97 Å². The van der Waals surface area contributed by atoms with E-state index in [4.69, 9.17) is 9.84 Å². The van der Waals surface area contributed by atoms with Crippen LogP contribution in [0.1, 0.15) is 5.56 Å². The summed E-state index contributed by atoms with van der Waals surface area (Å²) in [7, 11) is 1.63. The van der Waals surface area contributed by atoms with E-state index >= 15 is 0 Å². The van der Waals surface area contributed by atoms with E-state index in [1.165, 1.54) is 0 Å². The number of ether oxygens (including phenoxy) is 1. The smallest absolute Gasteiger partial charge is 0.307 e. The number of methoxy groups -OCH3 is 1. The summed E-state index contributed by atoms with van der Waals surface area (Å²) in [4.78, 5) is 19.4. The van der Waals surface area contributed by atoms with Crippen LogP contribution in [-0.2, 0) is 11.2 Å². The van der Waals surface area contributed by atoms with Gasteiger partial charge in [0.2, 0.25) is 5.95 Å². The molecule has 1 heterocycles. The van der Waals surface area contributed by atoms with Crippen LogP contribution >= 0.6 is 0 Å². The summed E-state index contributed by atoms with van der Waals surface area (Å²) in [6, 6.07) is 14.8. The van der Waals surface area contributed by atoms with Gasteiger partial charge >= 0.3 is 5.97 Å². The highest BCUT2D eigenvalue weighted by Gasteiger charge is 2.04. The monoisotopic (exact) mass is 335 g/mol. The second-order valence-electron chi connectivity index (χ2n) is 5.42. The standard InChI is InChI=1S/C19H17N3O3/c1-25-17-7-5-14(6-8-17)15-11-20-19(21-12-15)22-16-4-2-3-13(9-16)10-18(23)24/h2-9,11-12H,10H2,1H3,(H,23,24)(H,20,21,22). The first-order chi connectivity index (χ1) is 12.1. The molecule has 0 amide bonds. The van der Waals surface area contributed by atoms with Gasteiger partial charge in [-0.2, -0.15) is 0 Å². The van der Waals surface area contributed by atoms with Crippen molar-refractivity contribution in [2.24, 2.45) is 0 Å². The highest BCUT2D eigenvalue weighted by molar-refractivity contribution is 5.71. The highest BCUT2D eigenvalue weighted by atomic mass is 16.5. The molecule has 0 aliphatic rings. The number of anilines is 2. The van der Waals surface area contributed by atoms with Crippen molar-refractivity contribution < 1.29 is 14.6 Å². The van der Waals surface area contributed by atoms with E-state index in [0.29, 0.717) is 11.5 Å². The van der Waals surface area contributed by atoms with Crippen LogP contribution in [0.2, 0.25) is 0 Å². The Morgan fingerprint density at radius 2 is 1.80 bits per heavy atom. The third-order valence-electron chi connectivity index (χ3n) is 3.61. The average Bonchev–Trinajstić information content (AvgIpc) is 2.62. The van der Waals surface area contributed by atoms with E-state index in [2.05, 4.69) is 15.3 Å². The number of hydrogen-bond donors (Lipinski definition) is 2. The van der Waals surface area contributed by atoms with Crippen LogP contribution < -0.4 is 10.1 Å². The number of rotatable bonds is 6.